The van der Waals surface area contributed by atoms with Crippen molar-refractivity contribution in [3.8, 4) is 0 Å². The summed E-state index contributed by atoms with van der Waals surface area (Å²) in [6.45, 7) is 1.52. The number of likely N-dealkylation sites (tertiary alicyclic amines) is 1. The van der Waals surface area contributed by atoms with E-state index in [2.05, 4.69) is 4.72 Å². The minimum atomic E-state index is -3.58. The molecule has 3 fully saturated rings. The molecule has 9 heteroatoms. The van der Waals surface area contributed by atoms with Crippen LogP contribution in [0, 0.1) is 5.41 Å². The molecule has 1 aliphatic heterocycles. The van der Waals surface area contributed by atoms with Crippen LogP contribution in [0.2, 0.25) is 0 Å². The zero-order chi connectivity index (χ0) is 22.1. The van der Waals surface area contributed by atoms with Crippen molar-refractivity contribution >= 4 is 16.1 Å². The van der Waals surface area contributed by atoms with Gasteiger partial charge in [0, 0.05) is 37.4 Å². The summed E-state index contributed by atoms with van der Waals surface area (Å²) >= 11 is 0. The number of hydrogen-bond acceptors (Lipinski definition) is 4. The van der Waals surface area contributed by atoms with E-state index in [1.54, 1.807) is 4.90 Å². The minimum Gasteiger partial charge on any atom is -0.445 e. The third-order valence-electron chi connectivity index (χ3n) is 7.00. The molecule has 3 aliphatic rings. The van der Waals surface area contributed by atoms with Gasteiger partial charge in [0.1, 0.15) is 6.61 Å². The Bertz CT molecular complexity index is 868. The van der Waals surface area contributed by atoms with Crippen LogP contribution < -0.4 is 4.72 Å². The number of sulfonamides is 1. The van der Waals surface area contributed by atoms with E-state index in [0.717, 1.165) is 18.4 Å². The lowest BCUT2D eigenvalue weighted by molar-refractivity contribution is -0.0332. The molecule has 1 amide bonds. The van der Waals surface area contributed by atoms with Gasteiger partial charge in [-0.25, -0.2) is 26.7 Å². The first-order valence-corrected chi connectivity index (χ1v) is 12.6. The third kappa shape index (κ3) is 5.37. The van der Waals surface area contributed by atoms with Crippen LogP contribution in [0.3, 0.4) is 0 Å². The van der Waals surface area contributed by atoms with Crippen molar-refractivity contribution in [1.82, 2.24) is 9.62 Å². The maximum Gasteiger partial charge on any atom is 0.410 e. The van der Waals surface area contributed by atoms with Crippen LogP contribution in [0.15, 0.2) is 30.3 Å². The molecule has 1 aromatic carbocycles. The van der Waals surface area contributed by atoms with Gasteiger partial charge in [-0.3, -0.25) is 0 Å². The normalized spacial score (nSPS) is 24.0. The number of halogens is 2. The number of nitrogens with zero attached hydrogens (tertiary/aromatic N) is 1. The van der Waals surface area contributed by atoms with Crippen molar-refractivity contribution < 1.29 is 26.7 Å². The van der Waals surface area contributed by atoms with Crippen LogP contribution in [0.1, 0.15) is 56.9 Å². The summed E-state index contributed by atoms with van der Waals surface area (Å²) in [6.07, 6.45) is 2.08. The summed E-state index contributed by atoms with van der Waals surface area (Å²) in [6, 6.07) is 9.38. The molecule has 4 rings (SSSR count). The van der Waals surface area contributed by atoms with Gasteiger partial charge in [-0.1, -0.05) is 30.3 Å². The van der Waals surface area contributed by atoms with Crippen LogP contribution in [-0.2, 0) is 21.4 Å². The van der Waals surface area contributed by atoms with Gasteiger partial charge in [-0.15, -0.1) is 0 Å². The summed E-state index contributed by atoms with van der Waals surface area (Å²) in [5.41, 5.74) is 0.987. The molecular formula is C22H30F2N2O4S. The number of ether oxygens (including phenoxy) is 1. The van der Waals surface area contributed by atoms with Crippen LogP contribution in [0.4, 0.5) is 13.6 Å². The molecule has 6 nitrogen and oxygen atoms in total. The number of benzene rings is 1. The Balaban J connectivity index is 1.19. The van der Waals surface area contributed by atoms with Crippen molar-refractivity contribution in [2.75, 3.05) is 13.1 Å². The second-order valence-electron chi connectivity index (χ2n) is 9.39. The standard InChI is InChI=1S/C22H30F2N2O4S/c23-22(24)12-8-19(9-13-22)31(28,29)25-18-6-10-21(11-7-18)15-26(16-21)20(27)30-14-17-4-2-1-3-5-17/h1-5,18-19,25H,6-16H2. The molecule has 2 saturated carbocycles. The van der Waals surface area contributed by atoms with E-state index in [1.807, 2.05) is 30.3 Å². The molecule has 0 aromatic heterocycles. The lowest BCUT2D eigenvalue weighted by Gasteiger charge is -2.52. The Labute approximate surface area is 182 Å². The van der Waals surface area contributed by atoms with Gasteiger partial charge in [0.2, 0.25) is 15.9 Å². The average molecular weight is 457 g/mol. The van der Waals surface area contributed by atoms with Gasteiger partial charge in [-0.05, 0) is 44.1 Å². The number of carbonyl (C=O) groups excluding carboxylic acids is 1. The minimum absolute atomic E-state index is 0.0129. The average Bonchev–Trinajstić information content (AvgIpc) is 2.71. The highest BCUT2D eigenvalue weighted by Gasteiger charge is 2.48. The molecule has 31 heavy (non-hydrogen) atoms. The molecule has 1 N–H and O–H groups in total. The van der Waals surface area contributed by atoms with Crippen LogP contribution >= 0.6 is 0 Å². The predicted molar refractivity (Wildman–Crippen MR) is 112 cm³/mol. The molecule has 172 valence electrons. The van der Waals surface area contributed by atoms with E-state index in [4.69, 9.17) is 4.74 Å². The molecule has 1 saturated heterocycles. The molecule has 0 unspecified atom stereocenters. The summed E-state index contributed by atoms with van der Waals surface area (Å²) in [5, 5.41) is -0.721. The topological polar surface area (TPSA) is 75.7 Å². The summed E-state index contributed by atoms with van der Waals surface area (Å²) in [5.74, 6) is -2.73. The van der Waals surface area contributed by atoms with E-state index in [-0.39, 0.29) is 49.8 Å². The van der Waals surface area contributed by atoms with Gasteiger partial charge < -0.3 is 9.64 Å². The Kier molecular flexibility index (Phi) is 6.27. The maximum absolute atomic E-state index is 13.3. The van der Waals surface area contributed by atoms with Crippen LogP contribution in [0.5, 0.6) is 0 Å². The van der Waals surface area contributed by atoms with Crippen molar-refractivity contribution in [3.05, 3.63) is 35.9 Å². The lowest BCUT2D eigenvalue weighted by Crippen LogP contribution is -2.60. The van der Waals surface area contributed by atoms with Gasteiger partial charge in [0.05, 0.1) is 5.25 Å². The fraction of sp³-hybridized carbons (Fsp3) is 0.682. The third-order valence-corrected chi connectivity index (χ3v) is 9.01. The van der Waals surface area contributed by atoms with Crippen molar-refractivity contribution in [1.29, 1.82) is 0 Å². The number of nitrogens with one attached hydrogen (secondary N) is 1. The Morgan fingerprint density at radius 3 is 2.26 bits per heavy atom. The molecule has 1 heterocycles. The van der Waals surface area contributed by atoms with Gasteiger partial charge >= 0.3 is 6.09 Å². The lowest BCUT2D eigenvalue weighted by atomic mass is 9.68. The monoisotopic (exact) mass is 456 g/mol. The highest BCUT2D eigenvalue weighted by molar-refractivity contribution is 7.90. The predicted octanol–water partition coefficient (Wildman–Crippen LogP) is 4.07. The number of hydrogen-bond donors (Lipinski definition) is 1. The van der Waals surface area contributed by atoms with Crippen molar-refractivity contribution in [3.63, 3.8) is 0 Å². The number of amides is 1. The first-order valence-electron chi connectivity index (χ1n) is 11.0. The van der Waals surface area contributed by atoms with E-state index in [1.165, 1.54) is 0 Å². The largest absolute Gasteiger partial charge is 0.445 e. The van der Waals surface area contributed by atoms with Gasteiger partial charge in [0.15, 0.2) is 0 Å². The molecular weight excluding hydrogens is 426 g/mol. The van der Waals surface area contributed by atoms with Crippen LogP contribution in [-0.4, -0.2) is 49.7 Å². The number of carbonyl (C=O) groups is 1. The Morgan fingerprint density at radius 1 is 1.03 bits per heavy atom. The summed E-state index contributed by atoms with van der Waals surface area (Å²) in [4.78, 5) is 14.0. The summed E-state index contributed by atoms with van der Waals surface area (Å²) in [7, 11) is -3.58. The molecule has 1 aromatic rings. The van der Waals surface area contributed by atoms with Crippen molar-refractivity contribution in [2.45, 2.75) is 75.2 Å². The maximum atomic E-state index is 13.3. The zero-order valence-corrected chi connectivity index (χ0v) is 18.4. The number of rotatable bonds is 5. The highest BCUT2D eigenvalue weighted by atomic mass is 32.2. The quantitative estimate of drug-likeness (QED) is 0.725. The zero-order valence-electron chi connectivity index (χ0n) is 17.6. The highest BCUT2D eigenvalue weighted by Crippen LogP contribution is 2.44. The van der Waals surface area contributed by atoms with Gasteiger partial charge in [-0.2, -0.15) is 0 Å². The first kappa shape index (κ1) is 22.5. The fourth-order valence-electron chi connectivity index (χ4n) is 5.02. The SMILES string of the molecule is O=C(OCc1ccccc1)N1CC2(CCC(NS(=O)(=O)C3CCC(F)(F)CC3)CC2)C1. The van der Waals surface area contributed by atoms with Crippen LogP contribution in [0.25, 0.3) is 0 Å². The Hall–Kier alpha value is -1.74. The first-order chi connectivity index (χ1) is 14.7. The van der Waals surface area contributed by atoms with Gasteiger partial charge in [0.25, 0.3) is 0 Å². The molecule has 1 spiro atoms. The molecule has 0 atom stereocenters. The second-order valence-corrected chi connectivity index (χ2v) is 11.4. The summed E-state index contributed by atoms with van der Waals surface area (Å²) < 4.78 is 60.0. The number of alkyl halides is 2. The van der Waals surface area contributed by atoms with E-state index < -0.39 is 21.2 Å². The van der Waals surface area contributed by atoms with E-state index in [0.29, 0.717) is 25.9 Å². The van der Waals surface area contributed by atoms with Crippen molar-refractivity contribution in [2.24, 2.45) is 5.41 Å². The smallest absolute Gasteiger partial charge is 0.410 e. The molecule has 0 bridgehead atoms. The molecule has 0 radical (unpaired) electrons. The molecule has 2 aliphatic carbocycles. The fourth-order valence-corrected chi connectivity index (χ4v) is 6.77. The second kappa shape index (κ2) is 8.65. The van der Waals surface area contributed by atoms with E-state index in [9.17, 15) is 22.0 Å². The van der Waals surface area contributed by atoms with E-state index >= 15 is 0 Å². The Morgan fingerprint density at radius 2 is 1.65 bits per heavy atom.